The largest absolute Gasteiger partial charge is 0.457 e. The van der Waals surface area contributed by atoms with E-state index in [0.717, 1.165) is 17.3 Å². The van der Waals surface area contributed by atoms with Gasteiger partial charge < -0.3 is 10.1 Å². The molecule has 2 aromatic rings. The summed E-state index contributed by atoms with van der Waals surface area (Å²) in [5.74, 6) is 2.43. The van der Waals surface area contributed by atoms with E-state index in [1.807, 2.05) is 31.3 Å². The molecule has 0 bridgehead atoms. The molecule has 0 spiro atoms. The predicted octanol–water partition coefficient (Wildman–Crippen LogP) is 3.53. The van der Waals surface area contributed by atoms with Crippen molar-refractivity contribution in [2.75, 3.05) is 12.4 Å². The summed E-state index contributed by atoms with van der Waals surface area (Å²) in [5.41, 5.74) is 2.49. The Morgan fingerprint density at radius 2 is 1.76 bits per heavy atom. The highest BCUT2D eigenvalue weighted by molar-refractivity contribution is 5.43. The van der Waals surface area contributed by atoms with Gasteiger partial charge in [0, 0.05) is 19.3 Å². The van der Waals surface area contributed by atoms with E-state index in [0.29, 0.717) is 0 Å². The third-order valence-corrected chi connectivity index (χ3v) is 2.70. The molecule has 0 aliphatic carbocycles. The van der Waals surface area contributed by atoms with Crippen molar-refractivity contribution in [1.29, 1.82) is 0 Å². The number of hydrogen-bond donors (Lipinski definition) is 1. The standard InChI is InChI=1S/C14H16N2O/c1-10-4-5-12(8-11(10)2)17-13-6-7-16-14(9-13)15-3/h4-9H,1-3H3,(H,15,16). The van der Waals surface area contributed by atoms with E-state index in [9.17, 15) is 0 Å². The van der Waals surface area contributed by atoms with Crippen LogP contribution >= 0.6 is 0 Å². The maximum absolute atomic E-state index is 5.78. The van der Waals surface area contributed by atoms with Crippen molar-refractivity contribution in [3.63, 3.8) is 0 Å². The smallest absolute Gasteiger partial charge is 0.132 e. The van der Waals surface area contributed by atoms with Crippen LogP contribution in [0.4, 0.5) is 5.82 Å². The molecule has 3 heteroatoms. The van der Waals surface area contributed by atoms with Crippen LogP contribution in [0.1, 0.15) is 11.1 Å². The molecule has 1 heterocycles. The van der Waals surface area contributed by atoms with Crippen molar-refractivity contribution >= 4 is 5.82 Å². The van der Waals surface area contributed by atoms with Crippen LogP contribution in [-0.4, -0.2) is 12.0 Å². The molecule has 0 aliphatic rings. The van der Waals surface area contributed by atoms with E-state index in [-0.39, 0.29) is 0 Å². The van der Waals surface area contributed by atoms with Crippen molar-refractivity contribution in [2.24, 2.45) is 0 Å². The second kappa shape index (κ2) is 4.87. The molecule has 1 aromatic heterocycles. The first kappa shape index (κ1) is 11.5. The van der Waals surface area contributed by atoms with Crippen LogP contribution in [0.25, 0.3) is 0 Å². The molecule has 1 N–H and O–H groups in total. The maximum Gasteiger partial charge on any atom is 0.132 e. The first-order valence-electron chi connectivity index (χ1n) is 5.58. The van der Waals surface area contributed by atoms with Crippen LogP contribution in [0.15, 0.2) is 36.5 Å². The lowest BCUT2D eigenvalue weighted by Crippen LogP contribution is -1.92. The number of aryl methyl sites for hydroxylation is 2. The van der Waals surface area contributed by atoms with Crippen LogP contribution in [0.3, 0.4) is 0 Å². The van der Waals surface area contributed by atoms with E-state index in [4.69, 9.17) is 4.74 Å². The van der Waals surface area contributed by atoms with Crippen LogP contribution in [-0.2, 0) is 0 Å². The molecule has 3 nitrogen and oxygen atoms in total. The van der Waals surface area contributed by atoms with Crippen LogP contribution < -0.4 is 10.1 Å². The van der Waals surface area contributed by atoms with Gasteiger partial charge in [-0.1, -0.05) is 6.07 Å². The predicted molar refractivity (Wildman–Crippen MR) is 69.8 cm³/mol. The molecular weight excluding hydrogens is 212 g/mol. The minimum atomic E-state index is 0.785. The maximum atomic E-state index is 5.78. The fourth-order valence-electron chi connectivity index (χ4n) is 1.52. The van der Waals surface area contributed by atoms with Gasteiger partial charge in [-0.2, -0.15) is 0 Å². The summed E-state index contributed by atoms with van der Waals surface area (Å²) in [6.45, 7) is 4.17. The van der Waals surface area contributed by atoms with E-state index in [2.05, 4.69) is 30.2 Å². The third-order valence-electron chi connectivity index (χ3n) is 2.70. The minimum Gasteiger partial charge on any atom is -0.457 e. The number of benzene rings is 1. The Hall–Kier alpha value is -2.03. The summed E-state index contributed by atoms with van der Waals surface area (Å²) in [6, 6.07) is 9.78. The van der Waals surface area contributed by atoms with Crippen molar-refractivity contribution in [3.05, 3.63) is 47.7 Å². The SMILES string of the molecule is CNc1cc(Oc2ccc(C)c(C)c2)ccn1. The topological polar surface area (TPSA) is 34.1 Å². The Bertz CT molecular complexity index is 523. The normalized spacial score (nSPS) is 10.1. The van der Waals surface area contributed by atoms with Crippen molar-refractivity contribution in [2.45, 2.75) is 13.8 Å². The number of nitrogens with zero attached hydrogens (tertiary/aromatic N) is 1. The van der Waals surface area contributed by atoms with Gasteiger partial charge in [-0.25, -0.2) is 4.98 Å². The molecule has 17 heavy (non-hydrogen) atoms. The zero-order chi connectivity index (χ0) is 12.3. The fourth-order valence-corrected chi connectivity index (χ4v) is 1.52. The minimum absolute atomic E-state index is 0.785. The van der Waals surface area contributed by atoms with Gasteiger partial charge >= 0.3 is 0 Å². The summed E-state index contributed by atoms with van der Waals surface area (Å²) in [6.07, 6.45) is 1.72. The lowest BCUT2D eigenvalue weighted by molar-refractivity contribution is 0.481. The summed E-state index contributed by atoms with van der Waals surface area (Å²) in [7, 11) is 1.84. The molecule has 1 aromatic carbocycles. The third kappa shape index (κ3) is 2.75. The van der Waals surface area contributed by atoms with Gasteiger partial charge in [0.2, 0.25) is 0 Å². The van der Waals surface area contributed by atoms with Gasteiger partial charge in [0.15, 0.2) is 0 Å². The number of anilines is 1. The molecule has 0 radical (unpaired) electrons. The second-order valence-corrected chi connectivity index (χ2v) is 3.97. The van der Waals surface area contributed by atoms with Gasteiger partial charge in [-0.15, -0.1) is 0 Å². The average Bonchev–Trinajstić information content (AvgIpc) is 2.34. The fraction of sp³-hybridized carbons (Fsp3) is 0.214. The summed E-state index contributed by atoms with van der Waals surface area (Å²) in [4.78, 5) is 4.14. The van der Waals surface area contributed by atoms with Gasteiger partial charge in [0.25, 0.3) is 0 Å². The summed E-state index contributed by atoms with van der Waals surface area (Å²) >= 11 is 0. The molecule has 0 saturated carbocycles. The Kier molecular flexibility index (Phi) is 3.28. The zero-order valence-corrected chi connectivity index (χ0v) is 10.3. The van der Waals surface area contributed by atoms with E-state index >= 15 is 0 Å². The summed E-state index contributed by atoms with van der Waals surface area (Å²) < 4.78 is 5.78. The first-order chi connectivity index (χ1) is 8.19. The highest BCUT2D eigenvalue weighted by atomic mass is 16.5. The molecule has 0 saturated heterocycles. The number of pyridine rings is 1. The Labute approximate surface area is 101 Å². The Balaban J connectivity index is 2.22. The monoisotopic (exact) mass is 228 g/mol. The van der Waals surface area contributed by atoms with E-state index in [1.54, 1.807) is 6.20 Å². The van der Waals surface area contributed by atoms with Crippen LogP contribution in [0.2, 0.25) is 0 Å². The van der Waals surface area contributed by atoms with E-state index < -0.39 is 0 Å². The molecule has 0 fully saturated rings. The number of ether oxygens (including phenoxy) is 1. The van der Waals surface area contributed by atoms with Gasteiger partial charge in [0.05, 0.1) is 0 Å². The number of aromatic nitrogens is 1. The van der Waals surface area contributed by atoms with Crippen molar-refractivity contribution in [1.82, 2.24) is 4.98 Å². The molecule has 0 amide bonds. The Morgan fingerprint density at radius 3 is 2.47 bits per heavy atom. The van der Waals surface area contributed by atoms with Crippen LogP contribution in [0, 0.1) is 13.8 Å². The first-order valence-corrected chi connectivity index (χ1v) is 5.58. The second-order valence-electron chi connectivity index (χ2n) is 3.97. The zero-order valence-electron chi connectivity index (χ0n) is 10.3. The highest BCUT2D eigenvalue weighted by Gasteiger charge is 2.00. The average molecular weight is 228 g/mol. The van der Waals surface area contributed by atoms with Gasteiger partial charge in [-0.05, 0) is 43.2 Å². The lowest BCUT2D eigenvalue weighted by Gasteiger charge is -2.08. The number of rotatable bonds is 3. The molecule has 0 unspecified atom stereocenters. The van der Waals surface area contributed by atoms with Gasteiger partial charge in [0.1, 0.15) is 17.3 Å². The molecule has 88 valence electrons. The number of nitrogens with one attached hydrogen (secondary N) is 1. The molecule has 0 atom stereocenters. The summed E-state index contributed by atoms with van der Waals surface area (Å²) in [5, 5.41) is 2.98. The van der Waals surface area contributed by atoms with Crippen LogP contribution in [0.5, 0.6) is 11.5 Å². The molecule has 0 aliphatic heterocycles. The highest BCUT2D eigenvalue weighted by Crippen LogP contribution is 2.24. The van der Waals surface area contributed by atoms with Crippen molar-refractivity contribution < 1.29 is 4.74 Å². The number of hydrogen-bond acceptors (Lipinski definition) is 3. The Morgan fingerprint density at radius 1 is 1.00 bits per heavy atom. The van der Waals surface area contributed by atoms with Gasteiger partial charge in [-0.3, -0.25) is 0 Å². The quantitative estimate of drug-likeness (QED) is 0.872. The lowest BCUT2D eigenvalue weighted by atomic mass is 10.1. The van der Waals surface area contributed by atoms with Crippen molar-refractivity contribution in [3.8, 4) is 11.5 Å². The molecule has 2 rings (SSSR count). The van der Waals surface area contributed by atoms with E-state index in [1.165, 1.54) is 11.1 Å². The molecular formula is C14H16N2O.